The molecule has 0 aliphatic carbocycles. The van der Waals surface area contributed by atoms with Crippen molar-refractivity contribution in [3.63, 3.8) is 0 Å². The Morgan fingerprint density at radius 2 is 2.20 bits per heavy atom. The minimum atomic E-state index is -0.428. The number of halogens is 1. The topological polar surface area (TPSA) is 63.2 Å². The maximum atomic E-state index is 12.9. The molecule has 2 atom stereocenters. The Hall–Kier alpha value is -2.12. The molecular weight excluding hydrogens is 321 g/mol. The maximum absolute atomic E-state index is 12.9. The van der Waals surface area contributed by atoms with Gasteiger partial charge in [-0.1, -0.05) is 6.07 Å². The summed E-state index contributed by atoms with van der Waals surface area (Å²) in [6.07, 6.45) is 9.19. The molecule has 0 aromatic carbocycles. The molecule has 2 aliphatic heterocycles. The van der Waals surface area contributed by atoms with Crippen molar-refractivity contribution in [1.82, 2.24) is 19.9 Å². The van der Waals surface area contributed by atoms with E-state index in [1.165, 1.54) is 18.0 Å². The number of pyridine rings is 1. The van der Waals surface area contributed by atoms with Gasteiger partial charge in [-0.25, -0.2) is 14.4 Å². The Labute approximate surface area is 146 Å². The van der Waals surface area contributed by atoms with Gasteiger partial charge in [0.2, 0.25) is 5.95 Å². The van der Waals surface area contributed by atoms with Crippen LogP contribution in [0.2, 0.25) is 0 Å². The van der Waals surface area contributed by atoms with E-state index < -0.39 is 5.82 Å². The van der Waals surface area contributed by atoms with Crippen molar-refractivity contribution in [3.05, 3.63) is 48.3 Å². The molecule has 6 nitrogen and oxygen atoms in total. The molecule has 0 radical (unpaired) electrons. The number of likely N-dealkylation sites (tertiary alicyclic amines) is 1. The third-order valence-corrected chi connectivity index (χ3v) is 4.91. The summed E-state index contributed by atoms with van der Waals surface area (Å²) in [5.74, 6) is 0.0260. The number of ether oxygens (including phenoxy) is 1. The van der Waals surface area contributed by atoms with Crippen LogP contribution in [0.5, 0.6) is 0 Å². The van der Waals surface area contributed by atoms with Crippen molar-refractivity contribution < 1.29 is 9.13 Å². The fourth-order valence-corrected chi connectivity index (χ4v) is 3.87. The average molecular weight is 343 g/mol. The lowest BCUT2D eigenvalue weighted by Crippen LogP contribution is -2.47. The van der Waals surface area contributed by atoms with E-state index >= 15 is 0 Å². The number of piperidine rings is 1. The van der Waals surface area contributed by atoms with Crippen molar-refractivity contribution >= 4 is 5.95 Å². The lowest BCUT2D eigenvalue weighted by atomic mass is 9.88. The molecule has 2 saturated heterocycles. The third kappa shape index (κ3) is 3.93. The Bertz CT molecular complexity index is 698. The van der Waals surface area contributed by atoms with Crippen LogP contribution in [0.4, 0.5) is 10.3 Å². The number of anilines is 1. The molecular formula is C18H22FN5O. The van der Waals surface area contributed by atoms with Crippen LogP contribution in [0.3, 0.4) is 0 Å². The lowest BCUT2D eigenvalue weighted by molar-refractivity contribution is -0.0533. The second kappa shape index (κ2) is 7.01. The summed E-state index contributed by atoms with van der Waals surface area (Å²) >= 11 is 0. The van der Waals surface area contributed by atoms with Crippen molar-refractivity contribution in [2.75, 3.05) is 25.0 Å². The summed E-state index contributed by atoms with van der Waals surface area (Å²) in [7, 11) is 0. The van der Waals surface area contributed by atoms with Crippen LogP contribution in [0.1, 0.15) is 24.8 Å². The molecule has 2 aliphatic rings. The summed E-state index contributed by atoms with van der Waals surface area (Å²) in [4.78, 5) is 14.6. The first-order chi connectivity index (χ1) is 12.2. The van der Waals surface area contributed by atoms with Crippen LogP contribution in [-0.2, 0) is 11.3 Å². The summed E-state index contributed by atoms with van der Waals surface area (Å²) < 4.78 is 19.1. The fraction of sp³-hybridized carbons (Fsp3) is 0.500. The molecule has 2 aromatic rings. The average Bonchev–Trinajstić information content (AvgIpc) is 3.00. The van der Waals surface area contributed by atoms with Gasteiger partial charge in [0.15, 0.2) is 5.82 Å². The summed E-state index contributed by atoms with van der Waals surface area (Å²) in [5.41, 5.74) is 1.12. The molecule has 25 heavy (non-hydrogen) atoms. The zero-order valence-electron chi connectivity index (χ0n) is 14.1. The number of nitrogens with one attached hydrogen (secondary N) is 1. The van der Waals surface area contributed by atoms with E-state index in [2.05, 4.69) is 31.2 Å². The molecule has 132 valence electrons. The molecule has 4 heterocycles. The van der Waals surface area contributed by atoms with Crippen LogP contribution in [0.25, 0.3) is 0 Å². The SMILES string of the molecule is Fc1cnc(N[C@H]2CO[C@@]3(CCCN(Cc4cccnc4)C3)C2)nc1. The minimum Gasteiger partial charge on any atom is -0.371 e. The standard InChI is InChI=1S/C18H22FN5O/c19-15-9-21-17(22-10-15)23-16-7-18(25-12-16)4-2-6-24(13-18)11-14-3-1-5-20-8-14/h1,3,5,8-10,16H,2,4,6-7,11-13H2,(H,21,22,23)/t16-,18+/m1/s1. The molecule has 1 spiro atoms. The summed E-state index contributed by atoms with van der Waals surface area (Å²) in [5, 5.41) is 3.26. The molecule has 1 N–H and O–H groups in total. The van der Waals surface area contributed by atoms with Gasteiger partial charge in [0, 0.05) is 31.9 Å². The molecule has 0 unspecified atom stereocenters. The predicted molar refractivity (Wildman–Crippen MR) is 91.4 cm³/mol. The number of nitrogens with zero attached hydrogens (tertiary/aromatic N) is 4. The second-order valence-electron chi connectivity index (χ2n) is 6.94. The van der Waals surface area contributed by atoms with E-state index in [-0.39, 0.29) is 11.6 Å². The summed E-state index contributed by atoms with van der Waals surface area (Å²) in [6, 6.07) is 4.24. The van der Waals surface area contributed by atoms with Gasteiger partial charge < -0.3 is 10.1 Å². The Balaban J connectivity index is 1.36. The van der Waals surface area contributed by atoms with Gasteiger partial charge in [-0.3, -0.25) is 9.88 Å². The molecule has 0 amide bonds. The van der Waals surface area contributed by atoms with E-state index in [1.54, 1.807) is 6.20 Å². The van der Waals surface area contributed by atoms with Crippen LogP contribution < -0.4 is 5.32 Å². The normalized spacial score (nSPS) is 26.8. The minimum absolute atomic E-state index is 0.113. The van der Waals surface area contributed by atoms with E-state index in [0.717, 1.165) is 38.9 Å². The first-order valence-corrected chi connectivity index (χ1v) is 8.70. The highest BCUT2D eigenvalue weighted by atomic mass is 19.1. The molecule has 0 bridgehead atoms. The predicted octanol–water partition coefficient (Wildman–Crippen LogP) is 2.25. The highest BCUT2D eigenvalue weighted by Crippen LogP contribution is 2.35. The maximum Gasteiger partial charge on any atom is 0.223 e. The number of hydrogen-bond donors (Lipinski definition) is 1. The first-order valence-electron chi connectivity index (χ1n) is 8.70. The zero-order valence-corrected chi connectivity index (χ0v) is 14.1. The molecule has 2 fully saturated rings. The highest BCUT2D eigenvalue weighted by molar-refractivity contribution is 5.26. The van der Waals surface area contributed by atoms with Crippen molar-refractivity contribution in [1.29, 1.82) is 0 Å². The summed E-state index contributed by atoms with van der Waals surface area (Å²) in [6.45, 7) is 3.53. The number of hydrogen-bond acceptors (Lipinski definition) is 6. The van der Waals surface area contributed by atoms with E-state index in [4.69, 9.17) is 4.74 Å². The fourth-order valence-electron chi connectivity index (χ4n) is 3.87. The number of rotatable bonds is 4. The van der Waals surface area contributed by atoms with Gasteiger partial charge in [-0.15, -0.1) is 0 Å². The molecule has 0 saturated carbocycles. The zero-order chi connectivity index (χ0) is 17.1. The Morgan fingerprint density at radius 3 is 3.00 bits per heavy atom. The highest BCUT2D eigenvalue weighted by Gasteiger charge is 2.43. The Morgan fingerprint density at radius 1 is 1.32 bits per heavy atom. The van der Waals surface area contributed by atoms with E-state index in [1.807, 2.05) is 12.3 Å². The van der Waals surface area contributed by atoms with Gasteiger partial charge in [0.25, 0.3) is 0 Å². The lowest BCUT2D eigenvalue weighted by Gasteiger charge is -2.39. The first kappa shape index (κ1) is 16.4. The Kier molecular flexibility index (Phi) is 4.59. The van der Waals surface area contributed by atoms with Gasteiger partial charge in [0.05, 0.1) is 30.6 Å². The monoisotopic (exact) mass is 343 g/mol. The molecule has 2 aromatic heterocycles. The van der Waals surface area contributed by atoms with Crippen LogP contribution in [0.15, 0.2) is 36.9 Å². The van der Waals surface area contributed by atoms with E-state index in [0.29, 0.717) is 12.6 Å². The van der Waals surface area contributed by atoms with Crippen molar-refractivity contribution in [2.24, 2.45) is 0 Å². The van der Waals surface area contributed by atoms with Gasteiger partial charge in [0.1, 0.15) is 0 Å². The number of aromatic nitrogens is 3. The van der Waals surface area contributed by atoms with Gasteiger partial charge in [-0.2, -0.15) is 0 Å². The molecule has 4 rings (SSSR count). The van der Waals surface area contributed by atoms with Crippen molar-refractivity contribution in [2.45, 2.75) is 37.5 Å². The molecule has 7 heteroatoms. The smallest absolute Gasteiger partial charge is 0.223 e. The van der Waals surface area contributed by atoms with E-state index in [9.17, 15) is 4.39 Å². The third-order valence-electron chi connectivity index (χ3n) is 4.91. The van der Waals surface area contributed by atoms with Crippen LogP contribution >= 0.6 is 0 Å². The second-order valence-corrected chi connectivity index (χ2v) is 6.94. The quantitative estimate of drug-likeness (QED) is 0.919. The van der Waals surface area contributed by atoms with Crippen LogP contribution in [0, 0.1) is 5.82 Å². The largest absolute Gasteiger partial charge is 0.371 e. The van der Waals surface area contributed by atoms with Crippen molar-refractivity contribution in [3.8, 4) is 0 Å². The van der Waals surface area contributed by atoms with Crippen LogP contribution in [-0.4, -0.2) is 51.2 Å². The van der Waals surface area contributed by atoms with Gasteiger partial charge in [-0.05, 0) is 31.0 Å². The van der Waals surface area contributed by atoms with Gasteiger partial charge >= 0.3 is 0 Å².